The fourth-order valence-corrected chi connectivity index (χ4v) is 10.4. The molecule has 6 nitrogen and oxygen atoms in total. The number of unbranched alkanes of at least 4 members (excludes halogenated alkanes) is 45. The molecule has 456 valence electrons. The second kappa shape index (κ2) is 66.9. The van der Waals surface area contributed by atoms with Gasteiger partial charge >= 0.3 is 17.9 Å². The summed E-state index contributed by atoms with van der Waals surface area (Å²) in [4.78, 5) is 38.3. The van der Waals surface area contributed by atoms with Gasteiger partial charge in [-0.05, 0) is 57.8 Å². The van der Waals surface area contributed by atoms with Gasteiger partial charge in [-0.25, -0.2) is 0 Å². The van der Waals surface area contributed by atoms with E-state index in [0.717, 1.165) is 96.3 Å². The van der Waals surface area contributed by atoms with Crippen LogP contribution in [0.25, 0.3) is 0 Å². The minimum atomic E-state index is -0.783. The third kappa shape index (κ3) is 64.2. The Morgan fingerprint density at radius 1 is 0.269 bits per heavy atom. The lowest BCUT2D eigenvalue weighted by atomic mass is 10.0. The van der Waals surface area contributed by atoms with Gasteiger partial charge in [-0.2, -0.15) is 0 Å². The molecule has 0 fully saturated rings. The molecule has 0 spiro atoms. The zero-order chi connectivity index (χ0) is 56.4. The molecule has 0 aliphatic heterocycles. The maximum absolute atomic E-state index is 12.9. The molecule has 0 N–H and O–H groups in total. The van der Waals surface area contributed by atoms with E-state index in [4.69, 9.17) is 14.2 Å². The zero-order valence-electron chi connectivity index (χ0n) is 52.5. The topological polar surface area (TPSA) is 78.9 Å². The van der Waals surface area contributed by atoms with Crippen LogP contribution in [0.15, 0.2) is 48.6 Å². The van der Waals surface area contributed by atoms with E-state index in [1.165, 1.54) is 238 Å². The normalized spacial score (nSPS) is 12.3. The molecule has 0 aromatic carbocycles. The molecule has 0 rings (SSSR count). The molecule has 1 atom stereocenters. The van der Waals surface area contributed by atoms with Gasteiger partial charge < -0.3 is 14.2 Å². The highest BCUT2D eigenvalue weighted by atomic mass is 16.6. The number of rotatable bonds is 64. The minimum absolute atomic E-state index is 0.0786. The van der Waals surface area contributed by atoms with Crippen molar-refractivity contribution >= 4 is 17.9 Å². The highest BCUT2D eigenvalue weighted by molar-refractivity contribution is 5.71. The van der Waals surface area contributed by atoms with E-state index in [2.05, 4.69) is 69.4 Å². The van der Waals surface area contributed by atoms with Gasteiger partial charge in [0, 0.05) is 19.3 Å². The van der Waals surface area contributed by atoms with E-state index < -0.39 is 6.10 Å². The van der Waals surface area contributed by atoms with Gasteiger partial charge in [0.1, 0.15) is 13.2 Å². The largest absolute Gasteiger partial charge is 0.462 e. The maximum atomic E-state index is 12.9. The molecular weight excluding hydrogens is 961 g/mol. The van der Waals surface area contributed by atoms with Crippen molar-refractivity contribution < 1.29 is 28.6 Å². The SMILES string of the molecule is CC/C=C\C/C=C\C/C=C\C/C=C\CCCCCCC(=O)OC(COC(=O)CCCCCCCCCCCCC)COC(=O)CCCCCCCCCCCCCCCCCCCCCCCCCCCCCCCCCC. The predicted molar refractivity (Wildman–Crippen MR) is 339 cm³/mol. The zero-order valence-corrected chi connectivity index (χ0v) is 52.5. The molecule has 0 radical (unpaired) electrons. The molecule has 0 saturated carbocycles. The van der Waals surface area contributed by atoms with E-state index in [0.29, 0.717) is 19.3 Å². The maximum Gasteiger partial charge on any atom is 0.306 e. The molecule has 0 aromatic rings. The van der Waals surface area contributed by atoms with Gasteiger partial charge in [0.15, 0.2) is 6.10 Å². The molecule has 1 unspecified atom stereocenters. The minimum Gasteiger partial charge on any atom is -0.462 e. The van der Waals surface area contributed by atoms with Crippen LogP contribution in [0, 0.1) is 0 Å². The van der Waals surface area contributed by atoms with E-state index in [1.54, 1.807) is 0 Å². The Balaban J connectivity index is 4.09. The van der Waals surface area contributed by atoms with Gasteiger partial charge in [-0.15, -0.1) is 0 Å². The quantitative estimate of drug-likeness (QED) is 0.0261. The summed E-state index contributed by atoms with van der Waals surface area (Å²) in [6.07, 6.45) is 84.5. The van der Waals surface area contributed by atoms with Gasteiger partial charge in [0.2, 0.25) is 0 Å². The Morgan fingerprint density at radius 2 is 0.500 bits per heavy atom. The highest BCUT2D eigenvalue weighted by Gasteiger charge is 2.19. The summed E-state index contributed by atoms with van der Waals surface area (Å²) in [7, 11) is 0. The summed E-state index contributed by atoms with van der Waals surface area (Å²) in [5.74, 6) is -0.882. The smallest absolute Gasteiger partial charge is 0.306 e. The van der Waals surface area contributed by atoms with Crippen LogP contribution in [0.2, 0.25) is 0 Å². The van der Waals surface area contributed by atoms with E-state index >= 15 is 0 Å². The van der Waals surface area contributed by atoms with Crippen molar-refractivity contribution in [3.63, 3.8) is 0 Å². The van der Waals surface area contributed by atoms with Crippen molar-refractivity contribution in [2.45, 2.75) is 380 Å². The molecule has 0 bridgehead atoms. The molecular formula is C72H132O6. The number of carbonyl (C=O) groups excluding carboxylic acids is 3. The molecule has 6 heteroatoms. The first-order valence-corrected chi connectivity index (χ1v) is 34.6. The standard InChI is InChI=1S/C72H132O6/c1-4-7-10-13-16-19-22-24-26-28-29-30-31-32-33-34-35-36-37-38-39-40-41-42-44-45-47-50-53-56-59-62-65-71(74)77-68-69(67-76-70(73)64-61-58-55-52-49-21-18-15-12-9-6-3)78-72(75)66-63-60-57-54-51-48-46-43-27-25-23-20-17-14-11-8-5-2/h8,11,17,20,25,27,46,48,69H,4-7,9-10,12-16,18-19,21-24,26,28-45,47,49-68H2,1-3H3/b11-8-,20-17-,27-25-,48-46-. The summed E-state index contributed by atoms with van der Waals surface area (Å²) in [6, 6.07) is 0. The lowest BCUT2D eigenvalue weighted by Crippen LogP contribution is -2.30. The molecule has 78 heavy (non-hydrogen) atoms. The summed E-state index contributed by atoms with van der Waals surface area (Å²) < 4.78 is 16.9. The molecule has 0 aliphatic carbocycles. The third-order valence-electron chi connectivity index (χ3n) is 15.6. The van der Waals surface area contributed by atoms with Crippen LogP contribution >= 0.6 is 0 Å². The summed E-state index contributed by atoms with van der Waals surface area (Å²) in [5.41, 5.74) is 0. The molecule has 0 aromatic heterocycles. The Bertz CT molecular complexity index is 1350. The van der Waals surface area contributed by atoms with Crippen LogP contribution in [-0.4, -0.2) is 37.2 Å². The number of allylic oxidation sites excluding steroid dienone is 8. The van der Waals surface area contributed by atoms with Gasteiger partial charge in [-0.1, -0.05) is 345 Å². The number of carbonyl (C=O) groups is 3. The fourth-order valence-electron chi connectivity index (χ4n) is 10.4. The lowest BCUT2D eigenvalue weighted by molar-refractivity contribution is -0.167. The van der Waals surface area contributed by atoms with E-state index in [9.17, 15) is 14.4 Å². The summed E-state index contributed by atoms with van der Waals surface area (Å²) in [6.45, 7) is 6.56. The van der Waals surface area contributed by atoms with Gasteiger partial charge in [0.25, 0.3) is 0 Å². The Labute approximate surface area is 486 Å². The number of hydrogen-bond donors (Lipinski definition) is 0. The molecule has 0 heterocycles. The van der Waals surface area contributed by atoms with Crippen molar-refractivity contribution in [3.05, 3.63) is 48.6 Å². The van der Waals surface area contributed by atoms with Crippen molar-refractivity contribution in [2.24, 2.45) is 0 Å². The summed E-state index contributed by atoms with van der Waals surface area (Å²) in [5, 5.41) is 0. The molecule has 0 aliphatic rings. The number of esters is 3. The first-order chi connectivity index (χ1) is 38.5. The molecule has 0 saturated heterocycles. The Hall–Kier alpha value is -2.63. The third-order valence-corrected chi connectivity index (χ3v) is 15.6. The van der Waals surface area contributed by atoms with Crippen LogP contribution < -0.4 is 0 Å². The molecule has 0 amide bonds. The van der Waals surface area contributed by atoms with Crippen molar-refractivity contribution in [3.8, 4) is 0 Å². The van der Waals surface area contributed by atoms with Crippen LogP contribution in [0.4, 0.5) is 0 Å². The summed E-state index contributed by atoms with van der Waals surface area (Å²) >= 11 is 0. The van der Waals surface area contributed by atoms with Crippen molar-refractivity contribution in [1.82, 2.24) is 0 Å². The number of ether oxygens (including phenoxy) is 3. The predicted octanol–water partition coefficient (Wildman–Crippen LogP) is 23.7. The Morgan fingerprint density at radius 3 is 0.782 bits per heavy atom. The number of hydrogen-bond acceptors (Lipinski definition) is 6. The van der Waals surface area contributed by atoms with Crippen LogP contribution in [-0.2, 0) is 28.6 Å². The van der Waals surface area contributed by atoms with Crippen LogP contribution in [0.3, 0.4) is 0 Å². The van der Waals surface area contributed by atoms with Crippen molar-refractivity contribution in [2.75, 3.05) is 13.2 Å². The van der Waals surface area contributed by atoms with E-state index in [1.807, 2.05) is 0 Å². The first-order valence-electron chi connectivity index (χ1n) is 34.6. The lowest BCUT2D eigenvalue weighted by Gasteiger charge is -2.18. The van der Waals surface area contributed by atoms with Gasteiger partial charge in [-0.3, -0.25) is 14.4 Å². The fraction of sp³-hybridized carbons (Fsp3) is 0.847. The van der Waals surface area contributed by atoms with Crippen LogP contribution in [0.5, 0.6) is 0 Å². The van der Waals surface area contributed by atoms with Crippen molar-refractivity contribution in [1.29, 1.82) is 0 Å². The second-order valence-electron chi connectivity index (χ2n) is 23.4. The average Bonchev–Trinajstić information content (AvgIpc) is 3.44. The Kier molecular flexibility index (Phi) is 64.6. The average molecular weight is 1090 g/mol. The van der Waals surface area contributed by atoms with E-state index in [-0.39, 0.29) is 31.1 Å². The second-order valence-corrected chi connectivity index (χ2v) is 23.4. The van der Waals surface area contributed by atoms with Gasteiger partial charge in [0.05, 0.1) is 0 Å². The highest BCUT2D eigenvalue weighted by Crippen LogP contribution is 2.19. The monoisotopic (exact) mass is 1090 g/mol. The van der Waals surface area contributed by atoms with Crippen LogP contribution in [0.1, 0.15) is 374 Å². The first kappa shape index (κ1) is 75.4.